The first kappa shape index (κ1) is 14.5. The van der Waals surface area contributed by atoms with Crippen molar-refractivity contribution < 1.29 is 13.9 Å². The molecule has 0 aliphatic carbocycles. The summed E-state index contributed by atoms with van der Waals surface area (Å²) in [6.07, 6.45) is 1.61. The van der Waals surface area contributed by atoms with Crippen LogP contribution in [0, 0.1) is 5.82 Å². The number of pyridine rings is 1. The molecule has 0 unspecified atom stereocenters. The standard InChI is InChI=1S/C14H11BrFNO3/c1-20-14(19)10-5-4-9(7-12(10)16)8-17-6-2-3-11(15)13(17)18/h2-7H,8H2,1H3. The molecule has 20 heavy (non-hydrogen) atoms. The van der Waals surface area contributed by atoms with E-state index in [0.29, 0.717) is 10.0 Å². The lowest BCUT2D eigenvalue weighted by atomic mass is 10.1. The van der Waals surface area contributed by atoms with Gasteiger partial charge in [-0.2, -0.15) is 0 Å². The first-order valence-electron chi connectivity index (χ1n) is 5.74. The molecule has 0 spiro atoms. The van der Waals surface area contributed by atoms with Crippen LogP contribution in [-0.4, -0.2) is 17.6 Å². The van der Waals surface area contributed by atoms with Gasteiger partial charge in [0.1, 0.15) is 5.82 Å². The Morgan fingerprint density at radius 1 is 1.40 bits per heavy atom. The predicted molar refractivity (Wildman–Crippen MR) is 75.2 cm³/mol. The van der Waals surface area contributed by atoms with Crippen molar-refractivity contribution >= 4 is 21.9 Å². The molecule has 0 bridgehead atoms. The van der Waals surface area contributed by atoms with E-state index in [1.165, 1.54) is 23.8 Å². The Kier molecular flexibility index (Phi) is 4.34. The zero-order valence-corrected chi connectivity index (χ0v) is 12.2. The highest BCUT2D eigenvalue weighted by atomic mass is 79.9. The van der Waals surface area contributed by atoms with E-state index < -0.39 is 11.8 Å². The van der Waals surface area contributed by atoms with E-state index in [1.807, 2.05) is 0 Å². The zero-order valence-electron chi connectivity index (χ0n) is 10.6. The summed E-state index contributed by atoms with van der Waals surface area (Å²) < 4.78 is 20.1. The second kappa shape index (κ2) is 6.00. The van der Waals surface area contributed by atoms with Gasteiger partial charge in [-0.05, 0) is 45.8 Å². The molecule has 104 valence electrons. The third kappa shape index (κ3) is 2.96. The van der Waals surface area contributed by atoms with Gasteiger partial charge in [0.15, 0.2) is 0 Å². The molecule has 0 aliphatic rings. The van der Waals surface area contributed by atoms with Crippen LogP contribution in [0.5, 0.6) is 0 Å². The summed E-state index contributed by atoms with van der Waals surface area (Å²) in [4.78, 5) is 23.1. The Morgan fingerprint density at radius 2 is 2.15 bits per heavy atom. The largest absolute Gasteiger partial charge is 0.465 e. The van der Waals surface area contributed by atoms with Crippen molar-refractivity contribution in [3.8, 4) is 0 Å². The van der Waals surface area contributed by atoms with Gasteiger partial charge in [-0.3, -0.25) is 4.79 Å². The average Bonchev–Trinajstić information content (AvgIpc) is 2.43. The van der Waals surface area contributed by atoms with Crippen molar-refractivity contribution in [2.24, 2.45) is 0 Å². The van der Waals surface area contributed by atoms with Crippen molar-refractivity contribution in [3.05, 3.63) is 68.3 Å². The quantitative estimate of drug-likeness (QED) is 0.807. The summed E-state index contributed by atoms with van der Waals surface area (Å²) in [6.45, 7) is 0.219. The summed E-state index contributed by atoms with van der Waals surface area (Å²) in [5.74, 6) is -1.40. The molecule has 0 fully saturated rings. The number of methoxy groups -OCH3 is 1. The van der Waals surface area contributed by atoms with Gasteiger partial charge in [0, 0.05) is 6.20 Å². The molecule has 4 nitrogen and oxygen atoms in total. The number of ether oxygens (including phenoxy) is 1. The van der Waals surface area contributed by atoms with Gasteiger partial charge in [-0.25, -0.2) is 9.18 Å². The third-order valence-corrected chi connectivity index (χ3v) is 3.37. The first-order valence-corrected chi connectivity index (χ1v) is 6.54. The number of rotatable bonds is 3. The Labute approximate surface area is 122 Å². The minimum absolute atomic E-state index is 0.127. The second-order valence-corrected chi connectivity index (χ2v) is 4.95. The lowest BCUT2D eigenvalue weighted by Crippen LogP contribution is -2.20. The van der Waals surface area contributed by atoms with Gasteiger partial charge in [0.05, 0.1) is 23.7 Å². The van der Waals surface area contributed by atoms with Gasteiger partial charge >= 0.3 is 5.97 Å². The van der Waals surface area contributed by atoms with E-state index in [-0.39, 0.29) is 17.7 Å². The first-order chi connectivity index (χ1) is 9.52. The monoisotopic (exact) mass is 339 g/mol. The molecule has 0 amide bonds. The third-order valence-electron chi connectivity index (χ3n) is 2.77. The molecule has 0 saturated heterocycles. The van der Waals surface area contributed by atoms with Crippen molar-refractivity contribution in [1.29, 1.82) is 0 Å². The van der Waals surface area contributed by atoms with E-state index in [2.05, 4.69) is 20.7 Å². The normalized spacial score (nSPS) is 10.3. The minimum atomic E-state index is -0.728. The molecule has 1 aromatic carbocycles. The fourth-order valence-electron chi connectivity index (χ4n) is 1.76. The molecule has 2 aromatic rings. The van der Waals surface area contributed by atoms with E-state index in [1.54, 1.807) is 24.4 Å². The van der Waals surface area contributed by atoms with Crippen LogP contribution in [0.15, 0.2) is 45.8 Å². The lowest BCUT2D eigenvalue weighted by Gasteiger charge is -2.08. The van der Waals surface area contributed by atoms with Gasteiger partial charge in [0.25, 0.3) is 5.56 Å². The maximum atomic E-state index is 13.8. The lowest BCUT2D eigenvalue weighted by molar-refractivity contribution is 0.0595. The molecule has 0 radical (unpaired) electrons. The summed E-state index contributed by atoms with van der Waals surface area (Å²) in [7, 11) is 1.19. The van der Waals surface area contributed by atoms with Crippen LogP contribution in [0.3, 0.4) is 0 Å². The fraction of sp³-hybridized carbons (Fsp3) is 0.143. The number of esters is 1. The number of halogens is 2. The van der Waals surface area contributed by atoms with Crippen molar-refractivity contribution in [2.75, 3.05) is 7.11 Å². The maximum Gasteiger partial charge on any atom is 0.340 e. The van der Waals surface area contributed by atoms with Crippen molar-refractivity contribution in [1.82, 2.24) is 4.57 Å². The number of hydrogen-bond acceptors (Lipinski definition) is 3. The van der Waals surface area contributed by atoms with Gasteiger partial charge in [-0.15, -0.1) is 0 Å². The Bertz CT molecular complexity index is 712. The minimum Gasteiger partial charge on any atom is -0.465 e. The van der Waals surface area contributed by atoms with Crippen LogP contribution < -0.4 is 5.56 Å². The summed E-state index contributed by atoms with van der Waals surface area (Å²) >= 11 is 3.15. The molecule has 0 atom stereocenters. The van der Waals surface area contributed by atoms with Crippen LogP contribution in [0.1, 0.15) is 15.9 Å². The Balaban J connectivity index is 2.31. The molecule has 2 rings (SSSR count). The highest BCUT2D eigenvalue weighted by Gasteiger charge is 2.12. The van der Waals surface area contributed by atoms with Crippen LogP contribution in [-0.2, 0) is 11.3 Å². The SMILES string of the molecule is COC(=O)c1ccc(Cn2cccc(Br)c2=O)cc1F. The Hall–Kier alpha value is -1.95. The number of nitrogens with zero attached hydrogens (tertiary/aromatic N) is 1. The molecule has 0 N–H and O–H groups in total. The molecule has 1 aromatic heterocycles. The highest BCUT2D eigenvalue weighted by molar-refractivity contribution is 9.10. The molecule has 0 aliphatic heterocycles. The topological polar surface area (TPSA) is 48.3 Å². The van der Waals surface area contributed by atoms with Crippen molar-refractivity contribution in [2.45, 2.75) is 6.54 Å². The summed E-state index contributed by atoms with van der Waals surface area (Å²) in [5.41, 5.74) is 0.248. The molecule has 6 heteroatoms. The molecular weight excluding hydrogens is 329 g/mol. The highest BCUT2D eigenvalue weighted by Crippen LogP contribution is 2.13. The number of hydrogen-bond donors (Lipinski definition) is 0. The van der Waals surface area contributed by atoms with Crippen LogP contribution >= 0.6 is 15.9 Å². The van der Waals surface area contributed by atoms with E-state index in [0.717, 1.165) is 0 Å². The summed E-state index contributed by atoms with van der Waals surface area (Å²) in [6, 6.07) is 7.51. The predicted octanol–water partition coefficient (Wildman–Crippen LogP) is 2.58. The van der Waals surface area contributed by atoms with Crippen LogP contribution in [0.2, 0.25) is 0 Å². The van der Waals surface area contributed by atoms with Crippen molar-refractivity contribution in [3.63, 3.8) is 0 Å². The van der Waals surface area contributed by atoms with Gasteiger partial charge < -0.3 is 9.30 Å². The van der Waals surface area contributed by atoms with Crippen LogP contribution in [0.25, 0.3) is 0 Å². The van der Waals surface area contributed by atoms with Crippen LogP contribution in [0.4, 0.5) is 4.39 Å². The van der Waals surface area contributed by atoms with E-state index in [9.17, 15) is 14.0 Å². The van der Waals surface area contributed by atoms with E-state index in [4.69, 9.17) is 0 Å². The maximum absolute atomic E-state index is 13.8. The second-order valence-electron chi connectivity index (χ2n) is 4.09. The number of aromatic nitrogens is 1. The average molecular weight is 340 g/mol. The molecule has 0 saturated carbocycles. The number of carbonyl (C=O) groups excluding carboxylic acids is 1. The molecule has 1 heterocycles. The van der Waals surface area contributed by atoms with Gasteiger partial charge in [-0.1, -0.05) is 6.07 Å². The summed E-state index contributed by atoms with van der Waals surface area (Å²) in [5, 5.41) is 0. The molecular formula is C14H11BrFNO3. The van der Waals surface area contributed by atoms with E-state index >= 15 is 0 Å². The zero-order chi connectivity index (χ0) is 14.7. The fourth-order valence-corrected chi connectivity index (χ4v) is 2.14. The number of benzene rings is 1. The Morgan fingerprint density at radius 3 is 2.80 bits per heavy atom. The smallest absolute Gasteiger partial charge is 0.340 e. The van der Waals surface area contributed by atoms with Gasteiger partial charge in [0.2, 0.25) is 0 Å². The number of carbonyl (C=O) groups is 1.